The van der Waals surface area contributed by atoms with Gasteiger partial charge in [-0.3, -0.25) is 0 Å². The molecule has 2 nitrogen and oxygen atoms in total. The summed E-state index contributed by atoms with van der Waals surface area (Å²) in [5.74, 6) is -0.883. The Morgan fingerprint density at radius 2 is 1.92 bits per heavy atom. The van der Waals surface area contributed by atoms with Gasteiger partial charge in [0.25, 0.3) is 0 Å². The second kappa shape index (κ2) is 2.76. The van der Waals surface area contributed by atoms with Crippen LogP contribution in [0.2, 0.25) is 0 Å². The molecule has 0 aliphatic heterocycles. The number of rotatable bonds is 0. The Morgan fingerprint density at radius 3 is 2.08 bits per heavy atom. The van der Waals surface area contributed by atoms with Crippen molar-refractivity contribution < 1.29 is 13.2 Å². The first-order valence-corrected chi connectivity index (χ1v) is 3.89. The molecule has 0 saturated carbocycles. The molecule has 0 amide bonds. The zero-order valence-corrected chi connectivity index (χ0v) is 7.99. The molecule has 6 heteroatoms. The molecule has 0 bridgehead atoms. The largest absolute Gasteiger partial charge is 0.449 e. The van der Waals surface area contributed by atoms with Crippen molar-refractivity contribution >= 4 is 15.9 Å². The van der Waals surface area contributed by atoms with Crippen LogP contribution in [0.4, 0.5) is 13.2 Å². The monoisotopic (exact) mass is 242 g/mol. The van der Waals surface area contributed by atoms with E-state index in [4.69, 9.17) is 0 Å². The molecule has 0 atom stereocenters. The van der Waals surface area contributed by atoms with E-state index in [-0.39, 0.29) is 4.60 Å². The summed E-state index contributed by atoms with van der Waals surface area (Å²) in [6.45, 7) is 1.56. The Balaban J connectivity index is 3.28. The Kier molecular flexibility index (Phi) is 2.20. The van der Waals surface area contributed by atoms with Gasteiger partial charge in [0.2, 0.25) is 5.82 Å². The number of imidazole rings is 1. The van der Waals surface area contributed by atoms with Crippen LogP contribution in [0.15, 0.2) is 4.60 Å². The minimum atomic E-state index is -4.38. The van der Waals surface area contributed by atoms with E-state index < -0.39 is 12.0 Å². The third-order valence-corrected chi connectivity index (χ3v) is 2.33. The molecule has 0 fully saturated rings. The minimum absolute atomic E-state index is 0.234. The lowest BCUT2D eigenvalue weighted by molar-refractivity contribution is -0.146. The normalized spacial score (nSPS) is 12.2. The molecule has 0 N–H and O–H groups in total. The van der Waals surface area contributed by atoms with Crippen LogP contribution in [0, 0.1) is 6.92 Å². The van der Waals surface area contributed by atoms with E-state index in [1.54, 1.807) is 6.92 Å². The van der Waals surface area contributed by atoms with Gasteiger partial charge in [0, 0.05) is 12.7 Å². The highest BCUT2D eigenvalue weighted by atomic mass is 79.9. The SMILES string of the molecule is Cc1c(Br)nc(C(F)(F)F)n1C. The molecule has 68 valence electrons. The van der Waals surface area contributed by atoms with E-state index in [9.17, 15) is 13.2 Å². The summed E-state index contributed by atoms with van der Waals surface area (Å²) in [6, 6.07) is 0. The van der Waals surface area contributed by atoms with E-state index in [1.807, 2.05) is 0 Å². The fourth-order valence-electron chi connectivity index (χ4n) is 0.800. The second-order valence-corrected chi connectivity index (χ2v) is 3.12. The Morgan fingerprint density at radius 1 is 1.42 bits per heavy atom. The second-order valence-electron chi connectivity index (χ2n) is 2.37. The van der Waals surface area contributed by atoms with Gasteiger partial charge < -0.3 is 4.57 Å². The fraction of sp³-hybridized carbons (Fsp3) is 0.500. The molecule has 0 aromatic carbocycles. The molecule has 1 rings (SSSR count). The lowest BCUT2D eigenvalue weighted by Crippen LogP contribution is -2.13. The van der Waals surface area contributed by atoms with Gasteiger partial charge in [-0.05, 0) is 22.9 Å². The molecular weight excluding hydrogens is 237 g/mol. The molecule has 0 unspecified atom stereocenters. The van der Waals surface area contributed by atoms with E-state index in [1.165, 1.54) is 7.05 Å². The number of aromatic nitrogens is 2. The third kappa shape index (κ3) is 1.48. The van der Waals surface area contributed by atoms with Gasteiger partial charge in [-0.2, -0.15) is 13.2 Å². The van der Waals surface area contributed by atoms with Crippen LogP contribution < -0.4 is 0 Å². The van der Waals surface area contributed by atoms with E-state index in [0.717, 1.165) is 4.57 Å². The van der Waals surface area contributed by atoms with Crippen molar-refractivity contribution in [3.63, 3.8) is 0 Å². The summed E-state index contributed by atoms with van der Waals surface area (Å²) in [4.78, 5) is 3.34. The van der Waals surface area contributed by atoms with Crippen molar-refractivity contribution in [2.24, 2.45) is 7.05 Å². The summed E-state index contributed by atoms with van der Waals surface area (Å²) in [6.07, 6.45) is -4.38. The average molecular weight is 243 g/mol. The van der Waals surface area contributed by atoms with Crippen molar-refractivity contribution in [2.75, 3.05) is 0 Å². The first-order valence-electron chi connectivity index (χ1n) is 3.10. The molecule has 0 radical (unpaired) electrons. The maximum Gasteiger partial charge on any atom is 0.449 e. The third-order valence-electron chi connectivity index (χ3n) is 1.58. The fourth-order valence-corrected chi connectivity index (χ4v) is 1.23. The quantitative estimate of drug-likeness (QED) is 0.684. The zero-order chi connectivity index (χ0) is 9.52. The van der Waals surface area contributed by atoms with Crippen LogP contribution in [0.25, 0.3) is 0 Å². The molecule has 0 aliphatic rings. The van der Waals surface area contributed by atoms with Gasteiger partial charge >= 0.3 is 6.18 Å². The van der Waals surface area contributed by atoms with Gasteiger partial charge in [-0.15, -0.1) is 0 Å². The number of nitrogens with zero attached hydrogens (tertiary/aromatic N) is 2. The number of alkyl halides is 3. The topological polar surface area (TPSA) is 17.8 Å². The highest BCUT2D eigenvalue weighted by Gasteiger charge is 2.36. The smallest absolute Gasteiger partial charge is 0.327 e. The number of hydrogen-bond acceptors (Lipinski definition) is 1. The lowest BCUT2D eigenvalue weighted by atomic mass is 10.5. The summed E-state index contributed by atoms with van der Waals surface area (Å²) in [5.41, 5.74) is 0.460. The summed E-state index contributed by atoms with van der Waals surface area (Å²) in [5, 5.41) is 0. The van der Waals surface area contributed by atoms with Crippen LogP contribution in [-0.4, -0.2) is 9.55 Å². The van der Waals surface area contributed by atoms with Crippen molar-refractivity contribution in [3.8, 4) is 0 Å². The standard InChI is InChI=1S/C6H6BrF3N2/c1-3-4(7)11-5(12(3)2)6(8,9)10/h1-2H3. The Labute approximate surface area is 75.5 Å². The predicted molar refractivity (Wildman–Crippen MR) is 40.6 cm³/mol. The van der Waals surface area contributed by atoms with E-state index >= 15 is 0 Å². The number of halogens is 4. The molecule has 12 heavy (non-hydrogen) atoms. The Hall–Kier alpha value is -0.520. The summed E-state index contributed by atoms with van der Waals surface area (Å²) in [7, 11) is 1.33. The van der Waals surface area contributed by atoms with Crippen molar-refractivity contribution in [1.29, 1.82) is 0 Å². The zero-order valence-electron chi connectivity index (χ0n) is 6.41. The lowest BCUT2D eigenvalue weighted by Gasteiger charge is -2.05. The summed E-state index contributed by atoms with van der Waals surface area (Å²) >= 11 is 2.93. The van der Waals surface area contributed by atoms with Crippen LogP contribution in [0.1, 0.15) is 11.5 Å². The minimum Gasteiger partial charge on any atom is -0.327 e. The maximum atomic E-state index is 12.1. The van der Waals surface area contributed by atoms with Gasteiger partial charge in [-0.1, -0.05) is 0 Å². The maximum absolute atomic E-state index is 12.1. The van der Waals surface area contributed by atoms with E-state index in [0.29, 0.717) is 5.69 Å². The highest BCUT2D eigenvalue weighted by Crippen LogP contribution is 2.30. The molecule has 1 aromatic heterocycles. The molecular formula is C6H6BrF3N2. The van der Waals surface area contributed by atoms with E-state index in [2.05, 4.69) is 20.9 Å². The first kappa shape index (κ1) is 9.57. The van der Waals surface area contributed by atoms with Crippen molar-refractivity contribution in [1.82, 2.24) is 9.55 Å². The molecule has 0 saturated heterocycles. The van der Waals surface area contributed by atoms with Gasteiger partial charge in [0.05, 0.1) is 0 Å². The van der Waals surface area contributed by atoms with Gasteiger partial charge in [0.15, 0.2) is 0 Å². The Bertz CT molecular complexity index is 302. The molecule has 0 aliphatic carbocycles. The molecule has 1 aromatic rings. The average Bonchev–Trinajstić information content (AvgIpc) is 2.15. The molecule has 0 spiro atoms. The first-order chi connectivity index (χ1) is 5.34. The predicted octanol–water partition coefficient (Wildman–Crippen LogP) is 2.51. The van der Waals surface area contributed by atoms with Crippen molar-refractivity contribution in [3.05, 3.63) is 16.1 Å². The van der Waals surface area contributed by atoms with Crippen LogP contribution >= 0.6 is 15.9 Å². The van der Waals surface area contributed by atoms with Crippen LogP contribution in [0.5, 0.6) is 0 Å². The van der Waals surface area contributed by atoms with Crippen LogP contribution in [-0.2, 0) is 13.2 Å². The molecule has 1 heterocycles. The summed E-state index contributed by atoms with van der Waals surface area (Å²) < 4.78 is 37.7. The number of hydrogen-bond donors (Lipinski definition) is 0. The highest BCUT2D eigenvalue weighted by molar-refractivity contribution is 9.10. The van der Waals surface area contributed by atoms with Crippen LogP contribution in [0.3, 0.4) is 0 Å². The van der Waals surface area contributed by atoms with Crippen molar-refractivity contribution in [2.45, 2.75) is 13.1 Å². The van der Waals surface area contributed by atoms with Gasteiger partial charge in [-0.25, -0.2) is 4.98 Å². The van der Waals surface area contributed by atoms with Gasteiger partial charge in [0.1, 0.15) is 4.60 Å².